The van der Waals surface area contributed by atoms with Crippen LogP contribution in [0.15, 0.2) is 36.7 Å². The average molecular weight is 224 g/mol. The second-order valence-corrected chi connectivity index (χ2v) is 4.05. The van der Waals surface area contributed by atoms with Crippen molar-refractivity contribution < 1.29 is 0 Å². The Balaban J connectivity index is 2.27. The molecule has 2 heterocycles. The van der Waals surface area contributed by atoms with Crippen molar-refractivity contribution in [2.45, 2.75) is 6.92 Å². The Bertz CT molecular complexity index is 685. The Hall–Kier alpha value is -2.36. The molecule has 0 spiro atoms. The van der Waals surface area contributed by atoms with Gasteiger partial charge in [0.15, 0.2) is 0 Å². The van der Waals surface area contributed by atoms with Crippen LogP contribution in [0.4, 0.5) is 5.95 Å². The van der Waals surface area contributed by atoms with Gasteiger partial charge in [-0.1, -0.05) is 11.6 Å². The Kier molecular flexibility index (Phi) is 2.08. The van der Waals surface area contributed by atoms with Crippen LogP contribution in [-0.4, -0.2) is 15.0 Å². The lowest BCUT2D eigenvalue weighted by Gasteiger charge is -2.00. The van der Waals surface area contributed by atoms with Crippen LogP contribution < -0.4 is 5.73 Å². The van der Waals surface area contributed by atoms with E-state index in [-0.39, 0.29) is 0 Å². The zero-order valence-corrected chi connectivity index (χ0v) is 9.44. The van der Waals surface area contributed by atoms with Crippen molar-refractivity contribution in [3.05, 3.63) is 42.2 Å². The maximum Gasteiger partial charge on any atom is 0.220 e. The number of nitrogen functional groups attached to an aromatic ring is 1. The summed E-state index contributed by atoms with van der Waals surface area (Å²) in [5.41, 5.74) is 9.82. The van der Waals surface area contributed by atoms with Gasteiger partial charge in [0.2, 0.25) is 5.95 Å². The van der Waals surface area contributed by atoms with Gasteiger partial charge in [0, 0.05) is 28.9 Å². The minimum Gasteiger partial charge on any atom is -0.368 e. The molecule has 3 N–H and O–H groups in total. The summed E-state index contributed by atoms with van der Waals surface area (Å²) in [4.78, 5) is 11.4. The zero-order valence-electron chi connectivity index (χ0n) is 9.44. The third-order valence-electron chi connectivity index (χ3n) is 2.79. The van der Waals surface area contributed by atoms with Crippen molar-refractivity contribution in [3.63, 3.8) is 0 Å². The number of hydrogen-bond acceptors (Lipinski definition) is 3. The average Bonchev–Trinajstić information content (AvgIpc) is 2.71. The van der Waals surface area contributed by atoms with Gasteiger partial charge in [-0.25, -0.2) is 9.97 Å². The van der Waals surface area contributed by atoms with Gasteiger partial charge in [-0.15, -0.1) is 0 Å². The number of aromatic nitrogens is 3. The first-order valence-corrected chi connectivity index (χ1v) is 5.41. The number of anilines is 1. The van der Waals surface area contributed by atoms with E-state index >= 15 is 0 Å². The maximum absolute atomic E-state index is 5.61. The van der Waals surface area contributed by atoms with E-state index < -0.39 is 0 Å². The van der Waals surface area contributed by atoms with Gasteiger partial charge in [0.25, 0.3) is 0 Å². The number of rotatable bonds is 1. The summed E-state index contributed by atoms with van der Waals surface area (Å²) in [6.45, 7) is 2.07. The van der Waals surface area contributed by atoms with Gasteiger partial charge >= 0.3 is 0 Å². The molecule has 3 rings (SSSR count). The van der Waals surface area contributed by atoms with Gasteiger partial charge in [-0.05, 0) is 25.1 Å². The van der Waals surface area contributed by atoms with Crippen LogP contribution in [0, 0.1) is 6.92 Å². The smallest absolute Gasteiger partial charge is 0.220 e. The minimum absolute atomic E-state index is 0.296. The Morgan fingerprint density at radius 3 is 2.94 bits per heavy atom. The standard InChI is InChI=1S/C13H12N4/c1-8-2-3-11-9(6-8)10(7-16-11)12-4-5-15-13(14)17-12/h2-7,16H,1H3,(H2,14,15,17). The zero-order chi connectivity index (χ0) is 11.8. The highest BCUT2D eigenvalue weighted by molar-refractivity contribution is 5.95. The summed E-state index contributed by atoms with van der Waals surface area (Å²) in [5.74, 6) is 0.296. The van der Waals surface area contributed by atoms with Crippen LogP contribution in [0.1, 0.15) is 5.56 Å². The van der Waals surface area contributed by atoms with E-state index in [4.69, 9.17) is 5.73 Å². The normalized spacial score (nSPS) is 10.9. The molecule has 0 amide bonds. The van der Waals surface area contributed by atoms with Crippen LogP contribution in [0.5, 0.6) is 0 Å². The van der Waals surface area contributed by atoms with E-state index in [9.17, 15) is 0 Å². The van der Waals surface area contributed by atoms with Crippen molar-refractivity contribution in [1.29, 1.82) is 0 Å². The summed E-state index contributed by atoms with van der Waals surface area (Å²) >= 11 is 0. The topological polar surface area (TPSA) is 67.6 Å². The largest absolute Gasteiger partial charge is 0.368 e. The maximum atomic E-state index is 5.61. The number of aromatic amines is 1. The molecule has 0 saturated carbocycles. The summed E-state index contributed by atoms with van der Waals surface area (Å²) in [7, 11) is 0. The van der Waals surface area contributed by atoms with Crippen LogP contribution in [0.25, 0.3) is 22.2 Å². The summed E-state index contributed by atoms with van der Waals surface area (Å²) in [6.07, 6.45) is 3.62. The van der Waals surface area contributed by atoms with Crippen molar-refractivity contribution in [2.24, 2.45) is 0 Å². The Morgan fingerprint density at radius 2 is 2.12 bits per heavy atom. The van der Waals surface area contributed by atoms with E-state index in [2.05, 4.69) is 40.1 Å². The second-order valence-electron chi connectivity index (χ2n) is 4.05. The van der Waals surface area contributed by atoms with E-state index in [1.807, 2.05) is 12.3 Å². The molecule has 0 unspecified atom stereocenters. The molecule has 0 fully saturated rings. The molecule has 0 atom stereocenters. The molecule has 0 aliphatic carbocycles. The lowest BCUT2D eigenvalue weighted by molar-refractivity contribution is 1.19. The first-order chi connectivity index (χ1) is 8.24. The molecule has 0 radical (unpaired) electrons. The fraction of sp³-hybridized carbons (Fsp3) is 0.0769. The predicted molar refractivity (Wildman–Crippen MR) is 68.5 cm³/mol. The number of aryl methyl sites for hydroxylation is 1. The van der Waals surface area contributed by atoms with Crippen molar-refractivity contribution in [3.8, 4) is 11.3 Å². The molecular weight excluding hydrogens is 212 g/mol. The van der Waals surface area contributed by atoms with Crippen LogP contribution >= 0.6 is 0 Å². The van der Waals surface area contributed by atoms with Crippen molar-refractivity contribution in [1.82, 2.24) is 15.0 Å². The molecule has 3 aromatic rings. The number of hydrogen-bond donors (Lipinski definition) is 2. The molecule has 0 aliphatic rings. The Labute approximate surface area is 98.5 Å². The number of nitrogens with one attached hydrogen (secondary N) is 1. The van der Waals surface area contributed by atoms with Crippen LogP contribution in [-0.2, 0) is 0 Å². The molecule has 2 aromatic heterocycles. The third-order valence-corrected chi connectivity index (χ3v) is 2.79. The molecule has 4 heteroatoms. The number of nitrogens with zero attached hydrogens (tertiary/aromatic N) is 2. The summed E-state index contributed by atoms with van der Waals surface area (Å²) < 4.78 is 0. The van der Waals surface area contributed by atoms with Gasteiger partial charge in [0.1, 0.15) is 0 Å². The van der Waals surface area contributed by atoms with E-state index in [1.165, 1.54) is 5.56 Å². The molecule has 84 valence electrons. The van der Waals surface area contributed by atoms with Gasteiger partial charge in [0.05, 0.1) is 5.69 Å². The first kappa shape index (κ1) is 9.84. The predicted octanol–water partition coefficient (Wildman–Crippen LogP) is 2.52. The van der Waals surface area contributed by atoms with E-state index in [0.717, 1.165) is 22.2 Å². The molecule has 0 aliphatic heterocycles. The van der Waals surface area contributed by atoms with Crippen LogP contribution in [0.2, 0.25) is 0 Å². The third kappa shape index (κ3) is 1.63. The second kappa shape index (κ2) is 3.59. The fourth-order valence-corrected chi connectivity index (χ4v) is 1.97. The van der Waals surface area contributed by atoms with Gasteiger partial charge < -0.3 is 10.7 Å². The van der Waals surface area contributed by atoms with E-state index in [1.54, 1.807) is 6.20 Å². The number of benzene rings is 1. The summed E-state index contributed by atoms with van der Waals surface area (Å²) in [5, 5.41) is 1.16. The fourth-order valence-electron chi connectivity index (χ4n) is 1.97. The quantitative estimate of drug-likeness (QED) is 0.667. The lowest BCUT2D eigenvalue weighted by atomic mass is 10.1. The van der Waals surface area contributed by atoms with E-state index in [0.29, 0.717) is 5.95 Å². The number of fused-ring (bicyclic) bond motifs is 1. The highest BCUT2D eigenvalue weighted by atomic mass is 15.0. The molecule has 0 saturated heterocycles. The molecule has 17 heavy (non-hydrogen) atoms. The monoisotopic (exact) mass is 224 g/mol. The van der Waals surface area contributed by atoms with Gasteiger partial charge in [-0.3, -0.25) is 0 Å². The highest BCUT2D eigenvalue weighted by Crippen LogP contribution is 2.27. The van der Waals surface area contributed by atoms with Crippen LogP contribution in [0.3, 0.4) is 0 Å². The Morgan fingerprint density at radius 1 is 1.24 bits per heavy atom. The molecule has 4 nitrogen and oxygen atoms in total. The summed E-state index contributed by atoms with van der Waals surface area (Å²) in [6, 6.07) is 8.15. The molecule has 1 aromatic carbocycles. The minimum atomic E-state index is 0.296. The lowest BCUT2D eigenvalue weighted by Crippen LogP contribution is -1.94. The number of nitrogens with two attached hydrogens (primary N) is 1. The molecule has 0 bridgehead atoms. The first-order valence-electron chi connectivity index (χ1n) is 5.41. The van der Waals surface area contributed by atoms with Crippen molar-refractivity contribution in [2.75, 3.05) is 5.73 Å². The SMILES string of the molecule is Cc1ccc2[nH]cc(-c3ccnc(N)n3)c2c1. The number of H-pyrrole nitrogens is 1. The van der Waals surface area contributed by atoms with Crippen molar-refractivity contribution >= 4 is 16.9 Å². The highest BCUT2D eigenvalue weighted by Gasteiger charge is 2.07. The van der Waals surface area contributed by atoms with Gasteiger partial charge in [-0.2, -0.15) is 0 Å². The molecular formula is C13H12N4.